The van der Waals surface area contributed by atoms with Gasteiger partial charge in [-0.1, -0.05) is 0 Å². The van der Waals surface area contributed by atoms with Gasteiger partial charge in [-0.25, -0.2) is 8.42 Å². The number of sulfonamides is 1. The molecule has 1 heterocycles. The minimum Gasteiger partial charge on any atom is -0.480 e. The first-order valence-corrected chi connectivity index (χ1v) is 5.92. The van der Waals surface area contributed by atoms with Crippen LogP contribution in [0.1, 0.15) is 19.5 Å². The molecular formula is C8H13N3O4S. The summed E-state index contributed by atoms with van der Waals surface area (Å²) < 4.78 is 25.7. The molecule has 0 radical (unpaired) electrons. The molecule has 0 saturated heterocycles. The van der Waals surface area contributed by atoms with Crippen molar-refractivity contribution in [2.24, 2.45) is 0 Å². The fourth-order valence-corrected chi connectivity index (χ4v) is 2.55. The van der Waals surface area contributed by atoms with Gasteiger partial charge in [0.25, 0.3) is 0 Å². The summed E-state index contributed by atoms with van der Waals surface area (Å²) in [6.45, 7) is 4.07. The number of carbonyl (C=O) groups is 1. The molecular weight excluding hydrogens is 234 g/mol. The maximum atomic E-state index is 11.8. The minimum absolute atomic E-state index is 0.0539. The van der Waals surface area contributed by atoms with E-state index < -0.39 is 21.5 Å². The number of nitrogens with one attached hydrogen (secondary N) is 2. The molecule has 0 bridgehead atoms. The lowest BCUT2D eigenvalue weighted by atomic mass is 10.1. The van der Waals surface area contributed by atoms with Crippen LogP contribution in [0.3, 0.4) is 0 Å². The summed E-state index contributed by atoms with van der Waals surface area (Å²) in [4.78, 5) is 10.7. The van der Waals surface area contributed by atoms with Crippen LogP contribution >= 0.6 is 0 Å². The number of H-pyrrole nitrogens is 1. The van der Waals surface area contributed by atoms with Crippen LogP contribution in [0, 0.1) is 6.92 Å². The Bertz CT molecular complexity index is 503. The van der Waals surface area contributed by atoms with E-state index in [0.29, 0.717) is 5.69 Å². The number of aromatic amines is 1. The lowest BCUT2D eigenvalue weighted by Gasteiger charge is -2.20. The van der Waals surface area contributed by atoms with Crippen LogP contribution < -0.4 is 4.72 Å². The van der Waals surface area contributed by atoms with E-state index in [1.807, 2.05) is 0 Å². The SMILES string of the molecule is Cc1[nH]ncc1S(=O)(=O)NC(C)(C)C(=O)O. The third-order valence-electron chi connectivity index (χ3n) is 2.00. The van der Waals surface area contributed by atoms with Gasteiger partial charge in [0.1, 0.15) is 10.4 Å². The van der Waals surface area contributed by atoms with Crippen LogP contribution in [0.4, 0.5) is 0 Å². The van der Waals surface area contributed by atoms with Crippen molar-refractivity contribution < 1.29 is 18.3 Å². The maximum absolute atomic E-state index is 11.8. The fraction of sp³-hybridized carbons (Fsp3) is 0.500. The highest BCUT2D eigenvalue weighted by atomic mass is 32.2. The number of aryl methyl sites for hydroxylation is 1. The number of aromatic nitrogens is 2. The Hall–Kier alpha value is -1.41. The van der Waals surface area contributed by atoms with E-state index in [1.165, 1.54) is 20.8 Å². The zero-order chi connectivity index (χ0) is 12.6. The van der Waals surface area contributed by atoms with Crippen molar-refractivity contribution in [3.05, 3.63) is 11.9 Å². The summed E-state index contributed by atoms with van der Waals surface area (Å²) in [6.07, 6.45) is 1.13. The highest BCUT2D eigenvalue weighted by molar-refractivity contribution is 7.89. The van der Waals surface area contributed by atoms with Crippen molar-refractivity contribution in [1.29, 1.82) is 0 Å². The number of carboxylic acid groups (broad SMARTS) is 1. The third-order valence-corrected chi connectivity index (χ3v) is 3.77. The van der Waals surface area contributed by atoms with Gasteiger partial charge in [0, 0.05) is 0 Å². The van der Waals surface area contributed by atoms with Gasteiger partial charge in [0.2, 0.25) is 10.0 Å². The van der Waals surface area contributed by atoms with Crippen LogP contribution in [-0.2, 0) is 14.8 Å². The molecule has 0 aliphatic heterocycles. The average Bonchev–Trinajstić information content (AvgIpc) is 2.49. The second kappa shape index (κ2) is 3.87. The first-order valence-electron chi connectivity index (χ1n) is 4.44. The molecule has 0 unspecified atom stereocenters. The average molecular weight is 247 g/mol. The van der Waals surface area contributed by atoms with Crippen molar-refractivity contribution in [2.75, 3.05) is 0 Å². The Morgan fingerprint density at radius 1 is 1.56 bits per heavy atom. The van der Waals surface area contributed by atoms with Crippen molar-refractivity contribution in [1.82, 2.24) is 14.9 Å². The first-order chi connectivity index (χ1) is 7.17. The molecule has 0 aliphatic rings. The molecule has 8 heteroatoms. The largest absolute Gasteiger partial charge is 0.480 e. The van der Waals surface area contributed by atoms with Gasteiger partial charge >= 0.3 is 5.97 Å². The van der Waals surface area contributed by atoms with Crippen molar-refractivity contribution in [2.45, 2.75) is 31.2 Å². The molecule has 0 aliphatic carbocycles. The summed E-state index contributed by atoms with van der Waals surface area (Å²) in [5, 5.41) is 14.9. The monoisotopic (exact) mass is 247 g/mol. The maximum Gasteiger partial charge on any atom is 0.324 e. The minimum atomic E-state index is -3.87. The third kappa shape index (κ3) is 2.39. The first kappa shape index (κ1) is 12.7. The van der Waals surface area contributed by atoms with Gasteiger partial charge in [0.05, 0.1) is 11.9 Å². The second-order valence-electron chi connectivity index (χ2n) is 3.89. The number of nitrogens with zero attached hydrogens (tertiary/aromatic N) is 1. The zero-order valence-corrected chi connectivity index (χ0v) is 9.92. The van der Waals surface area contributed by atoms with Crippen molar-refractivity contribution in [3.8, 4) is 0 Å². The standard InChI is InChI=1S/C8H13N3O4S/c1-5-6(4-9-10-5)16(14,15)11-8(2,3)7(12)13/h4,11H,1-3H3,(H,9,10)(H,12,13). The highest BCUT2D eigenvalue weighted by Crippen LogP contribution is 2.14. The van der Waals surface area contributed by atoms with Crippen LogP contribution in [0.5, 0.6) is 0 Å². The summed E-state index contributed by atoms with van der Waals surface area (Å²) in [6, 6.07) is 0. The number of rotatable bonds is 4. The van der Waals surface area contributed by atoms with Crippen LogP contribution in [0.25, 0.3) is 0 Å². The van der Waals surface area contributed by atoms with Crippen molar-refractivity contribution >= 4 is 16.0 Å². The van der Waals surface area contributed by atoms with Gasteiger partial charge in [-0.15, -0.1) is 0 Å². The highest BCUT2D eigenvalue weighted by Gasteiger charge is 2.34. The number of carboxylic acids is 1. The molecule has 1 rings (SSSR count). The van der Waals surface area contributed by atoms with Gasteiger partial charge in [0.15, 0.2) is 0 Å². The number of hydrogen-bond acceptors (Lipinski definition) is 4. The Morgan fingerprint density at radius 3 is 2.50 bits per heavy atom. The summed E-state index contributed by atoms with van der Waals surface area (Å²) in [7, 11) is -3.87. The topological polar surface area (TPSA) is 112 Å². The van der Waals surface area contributed by atoms with E-state index in [-0.39, 0.29) is 4.90 Å². The Morgan fingerprint density at radius 2 is 2.12 bits per heavy atom. The predicted molar refractivity (Wildman–Crippen MR) is 55.4 cm³/mol. The molecule has 0 spiro atoms. The van der Waals surface area contributed by atoms with Crippen LogP contribution in [-0.4, -0.2) is 35.2 Å². The molecule has 1 aromatic rings. The summed E-state index contributed by atoms with van der Waals surface area (Å²) >= 11 is 0. The van der Waals surface area contributed by atoms with E-state index in [2.05, 4.69) is 14.9 Å². The molecule has 0 saturated carbocycles. The molecule has 16 heavy (non-hydrogen) atoms. The van der Waals surface area contributed by atoms with Gasteiger partial charge in [-0.2, -0.15) is 9.82 Å². The molecule has 0 atom stereocenters. The van der Waals surface area contributed by atoms with Gasteiger partial charge in [-0.3, -0.25) is 9.89 Å². The normalized spacial score (nSPS) is 12.7. The summed E-state index contributed by atoms with van der Waals surface area (Å²) in [5.41, 5.74) is -1.21. The van der Waals surface area contributed by atoms with Gasteiger partial charge in [-0.05, 0) is 20.8 Å². The van der Waals surface area contributed by atoms with Gasteiger partial charge < -0.3 is 5.11 Å². The molecule has 1 aromatic heterocycles. The number of aliphatic carboxylic acids is 1. The molecule has 0 fully saturated rings. The Labute approximate surface area is 92.9 Å². The molecule has 3 N–H and O–H groups in total. The summed E-state index contributed by atoms with van der Waals surface area (Å²) in [5.74, 6) is -1.25. The van der Waals surface area contributed by atoms with E-state index in [1.54, 1.807) is 0 Å². The molecule has 0 amide bonds. The quantitative estimate of drug-likeness (QED) is 0.685. The van der Waals surface area contributed by atoms with E-state index >= 15 is 0 Å². The predicted octanol–water partition coefficient (Wildman–Crippen LogP) is -0.140. The molecule has 90 valence electrons. The Kier molecular flexibility index (Phi) is 3.06. The second-order valence-corrected chi connectivity index (χ2v) is 5.55. The van der Waals surface area contributed by atoms with E-state index in [4.69, 9.17) is 5.11 Å². The lowest BCUT2D eigenvalue weighted by Crippen LogP contribution is -2.49. The zero-order valence-electron chi connectivity index (χ0n) is 9.10. The van der Waals surface area contributed by atoms with Crippen molar-refractivity contribution in [3.63, 3.8) is 0 Å². The smallest absolute Gasteiger partial charge is 0.324 e. The lowest BCUT2D eigenvalue weighted by molar-refractivity contribution is -0.142. The van der Waals surface area contributed by atoms with E-state index in [0.717, 1.165) is 6.20 Å². The fourth-order valence-electron chi connectivity index (χ4n) is 1.05. The van der Waals surface area contributed by atoms with E-state index in [9.17, 15) is 13.2 Å². The Balaban J connectivity index is 3.07. The molecule has 0 aromatic carbocycles. The number of hydrogen-bond donors (Lipinski definition) is 3. The van der Waals surface area contributed by atoms with Crippen LogP contribution in [0.2, 0.25) is 0 Å². The molecule has 7 nitrogen and oxygen atoms in total. The van der Waals surface area contributed by atoms with Crippen LogP contribution in [0.15, 0.2) is 11.1 Å².